The van der Waals surface area contributed by atoms with Crippen molar-refractivity contribution in [2.24, 2.45) is 11.8 Å². The smallest absolute Gasteiger partial charge is 0.141 e. The molecule has 1 nitrogen and oxygen atoms in total. The highest BCUT2D eigenvalue weighted by Gasteiger charge is 2.40. The molecule has 0 aliphatic heterocycles. The number of hydrogen-bond donors (Lipinski definition) is 0. The molecule has 1 saturated carbocycles. The largest absolute Gasteiger partial charge is 0.299 e. The molecule has 2 aliphatic carbocycles. The number of Topliss-reactive ketones (excluding diaryl/α,β-unsaturated/α-hetero) is 1. The van der Waals surface area contributed by atoms with E-state index in [1.165, 1.54) is 17.6 Å². The molecular formula is C17H17ClO. The van der Waals surface area contributed by atoms with Crippen molar-refractivity contribution in [3.63, 3.8) is 0 Å². The first kappa shape index (κ1) is 12.7. The summed E-state index contributed by atoms with van der Waals surface area (Å²) in [4.78, 5) is 12.2. The maximum Gasteiger partial charge on any atom is 0.141 e. The van der Waals surface area contributed by atoms with Crippen molar-refractivity contribution in [3.8, 4) is 0 Å². The van der Waals surface area contributed by atoms with Gasteiger partial charge in [-0.1, -0.05) is 53.1 Å². The Kier molecular flexibility index (Phi) is 3.32. The summed E-state index contributed by atoms with van der Waals surface area (Å²) in [6.07, 6.45) is 6.71. The van der Waals surface area contributed by atoms with Crippen LogP contribution in [0.2, 0.25) is 5.02 Å². The van der Waals surface area contributed by atoms with E-state index in [9.17, 15) is 4.79 Å². The quantitative estimate of drug-likeness (QED) is 0.796. The van der Waals surface area contributed by atoms with Crippen molar-refractivity contribution < 1.29 is 4.79 Å². The second-order valence-electron chi connectivity index (χ2n) is 5.56. The van der Waals surface area contributed by atoms with Crippen molar-refractivity contribution >= 4 is 17.4 Å². The summed E-state index contributed by atoms with van der Waals surface area (Å²) in [7, 11) is 0. The van der Waals surface area contributed by atoms with Crippen LogP contribution in [-0.4, -0.2) is 5.78 Å². The van der Waals surface area contributed by atoms with E-state index in [0.29, 0.717) is 29.7 Å². The van der Waals surface area contributed by atoms with Crippen LogP contribution in [0.5, 0.6) is 0 Å². The summed E-state index contributed by atoms with van der Waals surface area (Å²) in [5.74, 6) is 1.61. The van der Waals surface area contributed by atoms with Gasteiger partial charge in [0.15, 0.2) is 0 Å². The van der Waals surface area contributed by atoms with Crippen LogP contribution in [0.1, 0.15) is 25.3 Å². The number of carbonyl (C=O) groups is 1. The van der Waals surface area contributed by atoms with E-state index in [2.05, 4.69) is 19.1 Å². The Labute approximate surface area is 119 Å². The molecule has 0 radical (unpaired) electrons. The molecule has 0 saturated heterocycles. The number of hydrogen-bond acceptors (Lipinski definition) is 1. The zero-order valence-corrected chi connectivity index (χ0v) is 11.8. The summed E-state index contributed by atoms with van der Waals surface area (Å²) in [6, 6.07) is 7.60. The molecule has 2 aliphatic rings. The molecule has 0 spiro atoms. The van der Waals surface area contributed by atoms with Gasteiger partial charge in [0.2, 0.25) is 0 Å². The number of allylic oxidation sites excluding steroid dienone is 4. The predicted octanol–water partition coefficient (Wildman–Crippen LogP) is 4.36. The minimum Gasteiger partial charge on any atom is -0.299 e. The van der Waals surface area contributed by atoms with Gasteiger partial charge in [0.1, 0.15) is 5.78 Å². The van der Waals surface area contributed by atoms with E-state index in [1.807, 2.05) is 24.3 Å². The highest BCUT2D eigenvalue weighted by Crippen LogP contribution is 2.50. The monoisotopic (exact) mass is 272 g/mol. The molecule has 2 atom stereocenters. The van der Waals surface area contributed by atoms with Gasteiger partial charge in [-0.15, -0.1) is 0 Å². The fraction of sp³-hybridized carbons (Fsp3) is 0.353. The van der Waals surface area contributed by atoms with Crippen LogP contribution in [0.4, 0.5) is 0 Å². The number of halogens is 1. The highest BCUT2D eigenvalue weighted by molar-refractivity contribution is 6.31. The lowest BCUT2D eigenvalue weighted by Gasteiger charge is -2.12. The molecule has 0 aromatic heterocycles. The van der Waals surface area contributed by atoms with Gasteiger partial charge in [0.25, 0.3) is 0 Å². The minimum absolute atomic E-state index is 0.267. The molecule has 0 bridgehead atoms. The third-order valence-corrected chi connectivity index (χ3v) is 4.49. The van der Waals surface area contributed by atoms with Crippen LogP contribution in [0, 0.1) is 11.8 Å². The highest BCUT2D eigenvalue weighted by atomic mass is 35.5. The van der Waals surface area contributed by atoms with Crippen molar-refractivity contribution in [2.45, 2.75) is 26.2 Å². The molecule has 2 heteroatoms. The first-order valence-electron chi connectivity index (χ1n) is 6.78. The summed E-state index contributed by atoms with van der Waals surface area (Å²) in [5, 5.41) is 0.689. The zero-order chi connectivity index (χ0) is 13.4. The van der Waals surface area contributed by atoms with Crippen LogP contribution in [0.25, 0.3) is 0 Å². The third-order valence-electron chi connectivity index (χ3n) is 4.12. The second kappa shape index (κ2) is 4.97. The Hall–Kier alpha value is -1.34. The number of benzene rings is 1. The molecule has 0 amide bonds. The minimum atomic E-state index is 0.267. The summed E-state index contributed by atoms with van der Waals surface area (Å²) in [6.45, 7) is 2.11. The first-order valence-corrected chi connectivity index (χ1v) is 7.16. The summed E-state index contributed by atoms with van der Waals surface area (Å²) < 4.78 is 0. The molecule has 3 rings (SSSR count). The molecule has 0 N–H and O–H groups in total. The SMILES string of the molecule is CC1=C(CC(=O)Cc2ccccc2Cl)[C@@H]2CC2C=C1. The van der Waals surface area contributed by atoms with Crippen LogP contribution >= 0.6 is 11.6 Å². The van der Waals surface area contributed by atoms with Gasteiger partial charge in [-0.2, -0.15) is 0 Å². The molecular weight excluding hydrogens is 256 g/mol. The molecule has 1 unspecified atom stereocenters. The lowest BCUT2D eigenvalue weighted by atomic mass is 9.92. The molecule has 19 heavy (non-hydrogen) atoms. The molecule has 1 fully saturated rings. The Morgan fingerprint density at radius 2 is 2.11 bits per heavy atom. The number of fused-ring (bicyclic) bond motifs is 1. The summed E-state index contributed by atoms with van der Waals surface area (Å²) in [5.41, 5.74) is 3.57. The van der Waals surface area contributed by atoms with Gasteiger partial charge in [0, 0.05) is 17.9 Å². The Morgan fingerprint density at radius 1 is 1.32 bits per heavy atom. The van der Waals surface area contributed by atoms with E-state index in [-0.39, 0.29) is 5.78 Å². The second-order valence-corrected chi connectivity index (χ2v) is 5.96. The number of rotatable bonds is 4. The molecule has 0 heterocycles. The van der Waals surface area contributed by atoms with E-state index >= 15 is 0 Å². The van der Waals surface area contributed by atoms with Crippen LogP contribution in [0.15, 0.2) is 47.6 Å². The van der Waals surface area contributed by atoms with Gasteiger partial charge in [-0.25, -0.2) is 0 Å². The topological polar surface area (TPSA) is 17.1 Å². The fourth-order valence-electron chi connectivity index (χ4n) is 2.90. The lowest BCUT2D eigenvalue weighted by Crippen LogP contribution is -2.08. The van der Waals surface area contributed by atoms with E-state index in [1.54, 1.807) is 0 Å². The average Bonchev–Trinajstić information content (AvgIpc) is 3.15. The lowest BCUT2D eigenvalue weighted by molar-refractivity contribution is -0.117. The van der Waals surface area contributed by atoms with Crippen LogP contribution < -0.4 is 0 Å². The van der Waals surface area contributed by atoms with Crippen molar-refractivity contribution in [1.29, 1.82) is 0 Å². The third kappa shape index (κ3) is 2.66. The van der Waals surface area contributed by atoms with Gasteiger partial charge < -0.3 is 0 Å². The summed E-state index contributed by atoms with van der Waals surface area (Å²) >= 11 is 6.10. The van der Waals surface area contributed by atoms with Crippen LogP contribution in [-0.2, 0) is 11.2 Å². The van der Waals surface area contributed by atoms with E-state index in [0.717, 1.165) is 5.56 Å². The van der Waals surface area contributed by atoms with Gasteiger partial charge in [0.05, 0.1) is 0 Å². The van der Waals surface area contributed by atoms with E-state index in [4.69, 9.17) is 11.6 Å². The normalized spacial score (nSPS) is 24.3. The van der Waals surface area contributed by atoms with Crippen molar-refractivity contribution in [2.75, 3.05) is 0 Å². The average molecular weight is 273 g/mol. The zero-order valence-electron chi connectivity index (χ0n) is 11.0. The molecule has 98 valence electrons. The molecule has 1 aromatic carbocycles. The Balaban J connectivity index is 1.69. The number of carbonyl (C=O) groups excluding carboxylic acids is 1. The van der Waals surface area contributed by atoms with Crippen molar-refractivity contribution in [3.05, 3.63) is 58.1 Å². The van der Waals surface area contributed by atoms with Gasteiger partial charge in [-0.05, 0) is 36.8 Å². The van der Waals surface area contributed by atoms with Gasteiger partial charge >= 0.3 is 0 Å². The first-order chi connectivity index (χ1) is 9.15. The Morgan fingerprint density at radius 3 is 2.89 bits per heavy atom. The predicted molar refractivity (Wildman–Crippen MR) is 78.2 cm³/mol. The maximum absolute atomic E-state index is 12.2. The maximum atomic E-state index is 12.2. The van der Waals surface area contributed by atoms with Gasteiger partial charge in [-0.3, -0.25) is 4.79 Å². The standard InChI is InChI=1S/C17H17ClO/c1-11-6-7-12-9-16(12)15(11)10-14(19)8-13-4-2-3-5-17(13)18/h2-7,12,16H,8-10H2,1H3/t12?,16-/m1/s1. The Bertz CT molecular complexity index is 583. The molecule has 1 aromatic rings. The fourth-order valence-corrected chi connectivity index (χ4v) is 3.10. The number of ketones is 1. The van der Waals surface area contributed by atoms with Crippen molar-refractivity contribution in [1.82, 2.24) is 0 Å². The van der Waals surface area contributed by atoms with Crippen LogP contribution in [0.3, 0.4) is 0 Å². The van der Waals surface area contributed by atoms with E-state index < -0.39 is 0 Å².